The van der Waals surface area contributed by atoms with Crippen LogP contribution in [0.25, 0.3) is 11.3 Å². The summed E-state index contributed by atoms with van der Waals surface area (Å²) in [5.74, 6) is 1.65. The Hall–Kier alpha value is -4.14. The second-order valence-electron chi connectivity index (χ2n) is 6.17. The fraction of sp³-hybridized carbons (Fsp3) is 0.143. The molecule has 1 N–H and O–H groups in total. The van der Waals surface area contributed by atoms with E-state index < -0.39 is 4.92 Å². The standard InChI is InChI=1S/C21H19N3O6/c1-28-19-8-6-14(10-20(19)29-2)11-21(25)23-22-13-17-7-9-18(30-17)15-4-3-5-16(12-15)24(26)27/h3-10,12-13H,11H2,1-2H3,(H,23,25)/b22-13-. The summed E-state index contributed by atoms with van der Waals surface area (Å²) in [7, 11) is 3.06. The van der Waals surface area contributed by atoms with Crippen molar-refractivity contribution in [2.75, 3.05) is 14.2 Å². The molecule has 154 valence electrons. The maximum atomic E-state index is 12.1. The van der Waals surface area contributed by atoms with E-state index in [9.17, 15) is 14.9 Å². The van der Waals surface area contributed by atoms with Crippen molar-refractivity contribution in [1.29, 1.82) is 0 Å². The number of methoxy groups -OCH3 is 2. The van der Waals surface area contributed by atoms with E-state index in [0.717, 1.165) is 5.56 Å². The molecule has 0 saturated heterocycles. The van der Waals surface area contributed by atoms with E-state index in [1.165, 1.54) is 32.6 Å². The molecule has 0 aliphatic rings. The zero-order valence-electron chi connectivity index (χ0n) is 16.3. The molecule has 0 aliphatic carbocycles. The van der Waals surface area contributed by atoms with Gasteiger partial charge in [-0.15, -0.1) is 0 Å². The van der Waals surface area contributed by atoms with Crippen LogP contribution in [0.3, 0.4) is 0 Å². The molecule has 0 radical (unpaired) electrons. The van der Waals surface area contributed by atoms with E-state index >= 15 is 0 Å². The Morgan fingerprint density at radius 1 is 1.13 bits per heavy atom. The summed E-state index contributed by atoms with van der Waals surface area (Å²) in [4.78, 5) is 22.5. The van der Waals surface area contributed by atoms with Crippen LogP contribution in [0.2, 0.25) is 0 Å². The van der Waals surface area contributed by atoms with Crippen molar-refractivity contribution in [3.05, 3.63) is 76.0 Å². The molecular formula is C21H19N3O6. The fourth-order valence-electron chi connectivity index (χ4n) is 2.73. The number of nitro benzene ring substituents is 1. The van der Waals surface area contributed by atoms with E-state index in [4.69, 9.17) is 13.9 Å². The fourth-order valence-corrected chi connectivity index (χ4v) is 2.73. The maximum Gasteiger partial charge on any atom is 0.270 e. The minimum Gasteiger partial charge on any atom is -0.493 e. The number of furan rings is 1. The average Bonchev–Trinajstić information content (AvgIpc) is 3.22. The second-order valence-corrected chi connectivity index (χ2v) is 6.17. The molecule has 0 unspecified atom stereocenters. The van der Waals surface area contributed by atoms with Crippen LogP contribution in [0.15, 0.2) is 64.1 Å². The number of nitro groups is 1. The van der Waals surface area contributed by atoms with Gasteiger partial charge >= 0.3 is 0 Å². The first-order valence-electron chi connectivity index (χ1n) is 8.87. The quantitative estimate of drug-likeness (QED) is 0.345. The van der Waals surface area contributed by atoms with Crippen LogP contribution in [0.4, 0.5) is 5.69 Å². The molecule has 0 bridgehead atoms. The number of rotatable bonds is 8. The van der Waals surface area contributed by atoms with Gasteiger partial charge in [0.05, 0.1) is 31.8 Å². The number of non-ortho nitro benzene ring substituents is 1. The van der Waals surface area contributed by atoms with Crippen molar-refractivity contribution in [2.24, 2.45) is 5.10 Å². The lowest BCUT2D eigenvalue weighted by Crippen LogP contribution is -2.19. The topological polar surface area (TPSA) is 116 Å². The van der Waals surface area contributed by atoms with Gasteiger partial charge in [-0.25, -0.2) is 5.43 Å². The lowest BCUT2D eigenvalue weighted by molar-refractivity contribution is -0.384. The van der Waals surface area contributed by atoms with E-state index in [0.29, 0.717) is 28.6 Å². The van der Waals surface area contributed by atoms with Gasteiger partial charge in [-0.1, -0.05) is 18.2 Å². The highest BCUT2D eigenvalue weighted by Gasteiger charge is 2.10. The molecule has 1 amide bonds. The van der Waals surface area contributed by atoms with Gasteiger partial charge in [0.25, 0.3) is 5.69 Å². The van der Waals surface area contributed by atoms with E-state index in [1.54, 1.807) is 42.5 Å². The van der Waals surface area contributed by atoms with Gasteiger partial charge in [-0.2, -0.15) is 5.10 Å². The highest BCUT2D eigenvalue weighted by Crippen LogP contribution is 2.28. The summed E-state index contributed by atoms with van der Waals surface area (Å²) in [5, 5.41) is 14.8. The third-order valence-corrected chi connectivity index (χ3v) is 4.16. The smallest absolute Gasteiger partial charge is 0.270 e. The molecule has 0 aliphatic heterocycles. The van der Waals surface area contributed by atoms with Crippen LogP contribution in [0, 0.1) is 10.1 Å². The number of hydrogen-bond acceptors (Lipinski definition) is 7. The summed E-state index contributed by atoms with van der Waals surface area (Å²) in [5.41, 5.74) is 3.71. The number of hydrogen-bond donors (Lipinski definition) is 1. The molecule has 0 atom stereocenters. The first kappa shape index (κ1) is 20.6. The summed E-state index contributed by atoms with van der Waals surface area (Å²) in [6, 6.07) is 14.7. The predicted octanol–water partition coefficient (Wildman–Crippen LogP) is 3.56. The van der Waals surface area contributed by atoms with Crippen molar-refractivity contribution in [3.8, 4) is 22.8 Å². The van der Waals surface area contributed by atoms with Gasteiger partial charge in [0, 0.05) is 17.7 Å². The van der Waals surface area contributed by atoms with Crippen LogP contribution < -0.4 is 14.9 Å². The monoisotopic (exact) mass is 409 g/mol. The zero-order chi connectivity index (χ0) is 21.5. The minimum absolute atomic E-state index is 0.0263. The Morgan fingerprint density at radius 3 is 2.67 bits per heavy atom. The Balaban J connectivity index is 1.60. The van der Waals surface area contributed by atoms with Gasteiger partial charge in [0.15, 0.2) is 11.5 Å². The zero-order valence-corrected chi connectivity index (χ0v) is 16.3. The first-order chi connectivity index (χ1) is 14.5. The van der Waals surface area contributed by atoms with Crippen molar-refractivity contribution < 1.29 is 23.6 Å². The number of ether oxygens (including phenoxy) is 2. The number of hydrazone groups is 1. The van der Waals surface area contributed by atoms with E-state index in [-0.39, 0.29) is 18.0 Å². The summed E-state index contributed by atoms with van der Waals surface area (Å²) in [6.45, 7) is 0. The van der Waals surface area contributed by atoms with Crippen LogP contribution in [0.5, 0.6) is 11.5 Å². The molecule has 1 aromatic heterocycles. The number of carbonyl (C=O) groups is 1. The largest absolute Gasteiger partial charge is 0.493 e. The molecule has 0 saturated carbocycles. The van der Waals surface area contributed by atoms with Crippen LogP contribution in [-0.4, -0.2) is 31.3 Å². The normalized spacial score (nSPS) is 10.7. The van der Waals surface area contributed by atoms with Crippen molar-refractivity contribution in [3.63, 3.8) is 0 Å². The Bertz CT molecular complexity index is 1090. The van der Waals surface area contributed by atoms with E-state index in [2.05, 4.69) is 10.5 Å². The van der Waals surface area contributed by atoms with Gasteiger partial charge in [-0.05, 0) is 29.8 Å². The second kappa shape index (κ2) is 9.37. The third-order valence-electron chi connectivity index (χ3n) is 4.16. The van der Waals surface area contributed by atoms with E-state index in [1.807, 2.05) is 0 Å². The maximum absolute atomic E-state index is 12.1. The highest BCUT2D eigenvalue weighted by molar-refractivity contribution is 5.82. The Kier molecular flexibility index (Phi) is 6.43. The number of nitrogens with zero attached hydrogens (tertiary/aromatic N) is 2. The van der Waals surface area contributed by atoms with Crippen LogP contribution in [0.1, 0.15) is 11.3 Å². The number of amides is 1. The van der Waals surface area contributed by atoms with Gasteiger partial charge in [0.2, 0.25) is 5.91 Å². The predicted molar refractivity (Wildman–Crippen MR) is 110 cm³/mol. The number of benzene rings is 2. The summed E-state index contributed by atoms with van der Waals surface area (Å²) >= 11 is 0. The third kappa shape index (κ3) is 5.02. The SMILES string of the molecule is COc1ccc(CC(=O)N/N=C\c2ccc(-c3cccc([N+](=O)[O-])c3)o2)cc1OC. The number of nitrogens with one attached hydrogen (secondary N) is 1. The minimum atomic E-state index is -0.469. The number of carbonyl (C=O) groups excluding carboxylic acids is 1. The molecule has 2 aromatic carbocycles. The molecule has 1 heterocycles. The van der Waals surface area contributed by atoms with Gasteiger partial charge in [0.1, 0.15) is 11.5 Å². The first-order valence-corrected chi connectivity index (χ1v) is 8.87. The summed E-state index contributed by atoms with van der Waals surface area (Å²) < 4.78 is 16.0. The molecule has 9 heteroatoms. The highest BCUT2D eigenvalue weighted by atomic mass is 16.6. The molecule has 30 heavy (non-hydrogen) atoms. The lowest BCUT2D eigenvalue weighted by atomic mass is 10.1. The molecule has 3 rings (SSSR count). The molecule has 3 aromatic rings. The Morgan fingerprint density at radius 2 is 1.93 bits per heavy atom. The molecule has 0 fully saturated rings. The van der Waals surface area contributed by atoms with Crippen LogP contribution in [-0.2, 0) is 11.2 Å². The van der Waals surface area contributed by atoms with Crippen molar-refractivity contribution in [1.82, 2.24) is 5.43 Å². The Labute approximate surface area is 172 Å². The van der Waals surface area contributed by atoms with Gasteiger partial charge < -0.3 is 13.9 Å². The van der Waals surface area contributed by atoms with Gasteiger partial charge in [-0.3, -0.25) is 14.9 Å². The molecular weight excluding hydrogens is 390 g/mol. The van der Waals surface area contributed by atoms with Crippen LogP contribution >= 0.6 is 0 Å². The van der Waals surface area contributed by atoms with Crippen molar-refractivity contribution >= 4 is 17.8 Å². The average molecular weight is 409 g/mol. The van der Waals surface area contributed by atoms with Crippen molar-refractivity contribution in [2.45, 2.75) is 6.42 Å². The lowest BCUT2D eigenvalue weighted by Gasteiger charge is -2.09. The molecule has 9 nitrogen and oxygen atoms in total. The summed E-state index contributed by atoms with van der Waals surface area (Å²) in [6.07, 6.45) is 1.46. The molecule has 0 spiro atoms.